The Morgan fingerprint density at radius 2 is 1.53 bits per heavy atom. The van der Waals surface area contributed by atoms with Crippen molar-refractivity contribution in [2.24, 2.45) is 4.99 Å². The van der Waals surface area contributed by atoms with Crippen molar-refractivity contribution >= 4 is 43.2 Å². The minimum Gasteiger partial charge on any atom is -0.330 e. The van der Waals surface area contributed by atoms with Crippen LogP contribution in [-0.2, 0) is 13.1 Å². The highest BCUT2D eigenvalue weighted by atomic mass is 32.1. The van der Waals surface area contributed by atoms with Crippen LogP contribution in [-0.4, -0.2) is 25.4 Å². The van der Waals surface area contributed by atoms with E-state index in [-0.39, 0.29) is 5.69 Å². The molecule has 5 rings (SSSR count). The molecule has 0 amide bonds. The third-order valence-electron chi connectivity index (χ3n) is 4.99. The van der Waals surface area contributed by atoms with Gasteiger partial charge in [-0.25, -0.2) is 14.8 Å². The summed E-state index contributed by atoms with van der Waals surface area (Å²) in [4.78, 5) is 26.5. The number of nitrogens with one attached hydrogen (secondary N) is 2. The molecule has 1 aliphatic heterocycles. The summed E-state index contributed by atoms with van der Waals surface area (Å²) >= 11 is 8.65. The summed E-state index contributed by atoms with van der Waals surface area (Å²) in [5.41, 5.74) is 3.17. The van der Waals surface area contributed by atoms with E-state index in [4.69, 9.17) is 0 Å². The van der Waals surface area contributed by atoms with Crippen molar-refractivity contribution in [2.75, 3.05) is 5.32 Å². The Bertz CT molecular complexity index is 1300. The molecule has 9 heteroatoms. The first-order chi connectivity index (χ1) is 14.6. The standard InChI is InChI=1S/C21H18N6OS2/c28-21-25-18-17-19(26(12-24-17)9-13-1-5-15(29)6-2-13)22-11-23-20(18)27(21)10-14-3-7-16(30)8-4-14/h1-8,11-12,29-30H,9-10H2,(H,22,23)(H,25,28). The fourth-order valence-electron chi connectivity index (χ4n) is 3.48. The Morgan fingerprint density at radius 3 is 2.20 bits per heavy atom. The largest absolute Gasteiger partial charge is 0.330 e. The third kappa shape index (κ3) is 3.46. The number of aromatic amines is 1. The van der Waals surface area contributed by atoms with Crippen molar-refractivity contribution in [3.8, 4) is 11.4 Å². The van der Waals surface area contributed by atoms with Gasteiger partial charge in [-0.3, -0.25) is 4.57 Å². The fraction of sp³-hybridized carbons (Fsp3) is 0.0952. The highest BCUT2D eigenvalue weighted by Crippen LogP contribution is 2.34. The molecule has 0 fully saturated rings. The normalized spacial score (nSPS) is 12.2. The third-order valence-corrected chi connectivity index (χ3v) is 5.58. The van der Waals surface area contributed by atoms with Gasteiger partial charge in [0.1, 0.15) is 17.2 Å². The van der Waals surface area contributed by atoms with E-state index in [2.05, 4.69) is 45.5 Å². The average molecular weight is 435 g/mol. The van der Waals surface area contributed by atoms with Crippen LogP contribution in [0.15, 0.2) is 74.4 Å². The molecule has 1 aliphatic rings. The number of rotatable bonds is 4. The number of nitrogens with zero attached hydrogens (tertiary/aromatic N) is 4. The molecular weight excluding hydrogens is 416 g/mol. The predicted octanol–water partition coefficient (Wildman–Crippen LogP) is 3.80. The summed E-state index contributed by atoms with van der Waals surface area (Å²) < 4.78 is 3.60. The number of H-pyrrole nitrogens is 1. The Balaban J connectivity index is 1.52. The second kappa shape index (κ2) is 7.58. The van der Waals surface area contributed by atoms with E-state index >= 15 is 0 Å². The summed E-state index contributed by atoms with van der Waals surface area (Å²) in [6, 6.07) is 15.7. The van der Waals surface area contributed by atoms with Crippen molar-refractivity contribution in [1.29, 1.82) is 0 Å². The molecule has 0 radical (unpaired) electrons. The van der Waals surface area contributed by atoms with Gasteiger partial charge < -0.3 is 14.9 Å². The maximum Gasteiger partial charge on any atom is 0.327 e. The maximum absolute atomic E-state index is 12.7. The van der Waals surface area contributed by atoms with Gasteiger partial charge >= 0.3 is 5.69 Å². The van der Waals surface area contributed by atoms with Crippen LogP contribution in [0.2, 0.25) is 0 Å². The molecule has 2 N–H and O–H groups in total. The smallest absolute Gasteiger partial charge is 0.327 e. The first-order valence-corrected chi connectivity index (χ1v) is 10.2. The van der Waals surface area contributed by atoms with Crippen LogP contribution >= 0.6 is 25.3 Å². The SMILES string of the molecule is O=c1[nH]c2c(n1Cc1ccc(S)cc1)NC=Nc1c-2ncn1Cc1ccc(S)cc1. The second-order valence-corrected chi connectivity index (χ2v) is 8.05. The highest BCUT2D eigenvalue weighted by molar-refractivity contribution is 7.80. The summed E-state index contributed by atoms with van der Waals surface area (Å²) in [6.45, 7) is 1.04. The molecule has 0 atom stereocenters. The zero-order valence-electron chi connectivity index (χ0n) is 15.8. The van der Waals surface area contributed by atoms with Crippen LogP contribution in [0.5, 0.6) is 0 Å². The lowest BCUT2D eigenvalue weighted by Gasteiger charge is -2.07. The zero-order valence-corrected chi connectivity index (χ0v) is 17.6. The van der Waals surface area contributed by atoms with E-state index in [1.807, 2.05) is 53.1 Å². The van der Waals surface area contributed by atoms with E-state index in [9.17, 15) is 4.79 Å². The molecule has 2 aromatic carbocycles. The minimum absolute atomic E-state index is 0.206. The lowest BCUT2D eigenvalue weighted by atomic mass is 10.2. The fourth-order valence-corrected chi connectivity index (χ4v) is 3.78. The highest BCUT2D eigenvalue weighted by Gasteiger charge is 2.23. The van der Waals surface area contributed by atoms with E-state index in [1.165, 1.54) is 0 Å². The lowest BCUT2D eigenvalue weighted by Crippen LogP contribution is -2.19. The quantitative estimate of drug-likeness (QED) is 0.369. The molecular formula is C21H18N6OS2. The Kier molecular flexibility index (Phi) is 4.76. The monoisotopic (exact) mass is 434 g/mol. The van der Waals surface area contributed by atoms with Crippen LogP contribution < -0.4 is 11.0 Å². The van der Waals surface area contributed by atoms with Crippen LogP contribution in [0.4, 0.5) is 11.6 Å². The molecule has 3 heterocycles. The van der Waals surface area contributed by atoms with E-state index in [0.717, 1.165) is 20.9 Å². The summed E-state index contributed by atoms with van der Waals surface area (Å²) in [6.07, 6.45) is 3.34. The van der Waals surface area contributed by atoms with Gasteiger partial charge in [0.05, 0.1) is 25.8 Å². The lowest BCUT2D eigenvalue weighted by molar-refractivity contribution is 0.770. The van der Waals surface area contributed by atoms with E-state index in [1.54, 1.807) is 17.2 Å². The van der Waals surface area contributed by atoms with E-state index in [0.29, 0.717) is 36.1 Å². The second-order valence-electron chi connectivity index (χ2n) is 7.02. The van der Waals surface area contributed by atoms with Crippen LogP contribution in [0.1, 0.15) is 11.1 Å². The number of anilines is 1. The average Bonchev–Trinajstić information content (AvgIpc) is 3.21. The van der Waals surface area contributed by atoms with Gasteiger partial charge in [-0.2, -0.15) is 0 Å². The van der Waals surface area contributed by atoms with Gasteiger partial charge in [-0.05, 0) is 35.4 Å². The number of thiol groups is 2. The predicted molar refractivity (Wildman–Crippen MR) is 124 cm³/mol. The van der Waals surface area contributed by atoms with E-state index < -0.39 is 0 Å². The van der Waals surface area contributed by atoms with Crippen molar-refractivity contribution in [2.45, 2.75) is 22.9 Å². The number of fused-ring (bicyclic) bond motifs is 3. The number of hydrogen-bond donors (Lipinski definition) is 4. The van der Waals surface area contributed by atoms with Crippen molar-refractivity contribution in [3.05, 3.63) is 76.5 Å². The van der Waals surface area contributed by atoms with Crippen molar-refractivity contribution in [3.63, 3.8) is 0 Å². The molecule has 0 bridgehead atoms. The van der Waals surface area contributed by atoms with Gasteiger partial charge in [0, 0.05) is 9.79 Å². The topological polar surface area (TPSA) is 80.0 Å². The molecule has 150 valence electrons. The zero-order chi connectivity index (χ0) is 20.7. The van der Waals surface area contributed by atoms with Crippen LogP contribution in [0.3, 0.4) is 0 Å². The molecule has 4 aromatic rings. The molecule has 0 saturated carbocycles. The molecule has 2 aromatic heterocycles. The summed E-state index contributed by atoms with van der Waals surface area (Å²) in [5.74, 6) is 1.33. The Labute approximate surface area is 183 Å². The molecule has 0 unspecified atom stereocenters. The van der Waals surface area contributed by atoms with Crippen molar-refractivity contribution in [1.82, 2.24) is 19.1 Å². The molecule has 0 saturated heterocycles. The molecule has 7 nitrogen and oxygen atoms in total. The van der Waals surface area contributed by atoms with Gasteiger partial charge in [-0.1, -0.05) is 24.3 Å². The van der Waals surface area contributed by atoms with Gasteiger partial charge in [0.2, 0.25) is 0 Å². The Hall–Kier alpha value is -3.17. The molecule has 0 spiro atoms. The Morgan fingerprint density at radius 1 is 0.900 bits per heavy atom. The van der Waals surface area contributed by atoms with Crippen molar-refractivity contribution < 1.29 is 0 Å². The van der Waals surface area contributed by atoms with Gasteiger partial charge in [0.25, 0.3) is 0 Å². The van der Waals surface area contributed by atoms with Gasteiger partial charge in [-0.15, -0.1) is 25.3 Å². The number of benzene rings is 2. The maximum atomic E-state index is 12.7. The first-order valence-electron chi connectivity index (χ1n) is 9.31. The van der Waals surface area contributed by atoms with Crippen LogP contribution in [0, 0.1) is 0 Å². The summed E-state index contributed by atoms with van der Waals surface area (Å²) in [7, 11) is 0. The van der Waals surface area contributed by atoms with Gasteiger partial charge in [0.15, 0.2) is 5.82 Å². The number of aromatic nitrogens is 4. The minimum atomic E-state index is -0.206. The number of aliphatic imine (C=N–C) groups is 1. The first kappa shape index (κ1) is 18.8. The molecule has 0 aliphatic carbocycles. The number of hydrogen-bond acceptors (Lipinski definition) is 6. The molecule has 30 heavy (non-hydrogen) atoms. The van der Waals surface area contributed by atoms with Crippen LogP contribution in [0.25, 0.3) is 11.4 Å². The number of imidazole rings is 2. The summed E-state index contributed by atoms with van der Waals surface area (Å²) in [5, 5.41) is 3.14.